The number of hydrogen-bond acceptors (Lipinski definition) is 8. The monoisotopic (exact) mass is 508 g/mol. The average Bonchev–Trinajstić information content (AvgIpc) is 3.42. The Hall–Kier alpha value is -3.32. The summed E-state index contributed by atoms with van der Waals surface area (Å²) in [4.78, 5) is 36.9. The van der Waals surface area contributed by atoms with Gasteiger partial charge in [-0.1, -0.05) is 6.07 Å². The molecular weight excluding hydrogens is 489 g/mol. The van der Waals surface area contributed by atoms with E-state index in [1.54, 1.807) is 16.9 Å². The molecule has 2 fully saturated rings. The first-order valence-electron chi connectivity index (χ1n) is 10.6. The summed E-state index contributed by atoms with van der Waals surface area (Å²) in [5, 5.41) is 12.3. The van der Waals surface area contributed by atoms with Crippen LogP contribution in [0.15, 0.2) is 36.5 Å². The first-order valence-corrected chi connectivity index (χ1v) is 12.1. The van der Waals surface area contributed by atoms with Crippen LogP contribution in [0.4, 0.5) is 19.3 Å². The van der Waals surface area contributed by atoms with Crippen LogP contribution in [0.3, 0.4) is 0 Å². The highest BCUT2D eigenvalue weighted by molar-refractivity contribution is 7.46. The van der Waals surface area contributed by atoms with E-state index in [2.05, 4.69) is 24.9 Å². The largest absolute Gasteiger partial charge is 0.470 e. The highest BCUT2D eigenvalue weighted by Gasteiger charge is 2.41. The molecule has 184 valence electrons. The quantitative estimate of drug-likeness (QED) is 0.434. The van der Waals surface area contributed by atoms with E-state index in [0.29, 0.717) is 17.1 Å². The van der Waals surface area contributed by atoms with Crippen molar-refractivity contribution >= 4 is 19.6 Å². The number of halogens is 2. The number of phosphoric acid groups is 1. The van der Waals surface area contributed by atoms with Crippen LogP contribution in [-0.2, 0) is 13.8 Å². The van der Waals surface area contributed by atoms with Crippen molar-refractivity contribution < 1.29 is 37.2 Å². The molecule has 35 heavy (non-hydrogen) atoms. The molecule has 2 atom stereocenters. The summed E-state index contributed by atoms with van der Waals surface area (Å²) < 4.78 is 48.5. The number of anilines is 1. The second kappa shape index (κ2) is 9.04. The molecule has 1 amide bonds. The van der Waals surface area contributed by atoms with Gasteiger partial charge in [0.2, 0.25) is 5.82 Å². The lowest BCUT2D eigenvalue weighted by molar-refractivity contribution is 0.0162. The lowest BCUT2D eigenvalue weighted by atomic mass is 10.1. The molecule has 1 aromatic carbocycles. The number of tetrazole rings is 1. The van der Waals surface area contributed by atoms with Gasteiger partial charge in [0.15, 0.2) is 6.10 Å². The molecule has 2 N–H and O–H groups in total. The summed E-state index contributed by atoms with van der Waals surface area (Å²) in [6, 6.07) is 7.60. The normalized spacial score (nSPS) is 19.1. The van der Waals surface area contributed by atoms with Crippen molar-refractivity contribution in [2.75, 3.05) is 18.1 Å². The number of phosphoric ester groups is 1. The number of aromatic nitrogens is 5. The van der Waals surface area contributed by atoms with E-state index in [-0.39, 0.29) is 23.8 Å². The Bertz CT molecular complexity index is 1300. The summed E-state index contributed by atoms with van der Waals surface area (Å²) in [5.41, 5.74) is 1.31. The molecule has 0 radical (unpaired) electrons. The van der Waals surface area contributed by atoms with Crippen molar-refractivity contribution in [1.29, 1.82) is 0 Å². The highest BCUT2D eigenvalue weighted by Crippen LogP contribution is 2.40. The summed E-state index contributed by atoms with van der Waals surface area (Å²) in [6.45, 7) is -1.57. The molecule has 3 heterocycles. The van der Waals surface area contributed by atoms with E-state index in [1.165, 1.54) is 18.3 Å². The number of cyclic esters (lactones) is 1. The standard InChI is InChI=1S/C20H19F2N6O6P/c21-8-17(34-35(30,31)32)18-10-27(20(29)33-18)13-4-5-14(15(22)7-13)11-1-6-16(23-9-11)19-24-26-28(25-19)12-2-3-12/h1,4-7,9,12,17-18H,2-3,8,10H2,(H2,30,31,32)/t17?,18-/m0/s1. The molecule has 0 bridgehead atoms. The lowest BCUT2D eigenvalue weighted by Crippen LogP contribution is -2.34. The number of alkyl halides is 1. The zero-order chi connectivity index (χ0) is 24.7. The van der Waals surface area contributed by atoms with Gasteiger partial charge in [0.05, 0.1) is 18.3 Å². The number of rotatable bonds is 8. The predicted molar refractivity (Wildman–Crippen MR) is 115 cm³/mol. The van der Waals surface area contributed by atoms with E-state index in [4.69, 9.17) is 14.5 Å². The number of benzene rings is 1. The number of carbonyl (C=O) groups is 1. The SMILES string of the molecule is O=C1O[C@H](C(CF)OP(=O)(O)O)CN1c1ccc(-c2ccc(-c3nnn(C4CC4)n3)nc2)c(F)c1. The zero-order valence-corrected chi connectivity index (χ0v) is 18.8. The van der Waals surface area contributed by atoms with Gasteiger partial charge in [0, 0.05) is 17.3 Å². The summed E-state index contributed by atoms with van der Waals surface area (Å²) in [6.07, 6.45) is -0.371. The third kappa shape index (κ3) is 5.05. The van der Waals surface area contributed by atoms with Crippen LogP contribution in [0.2, 0.25) is 0 Å². The molecule has 2 aliphatic rings. The van der Waals surface area contributed by atoms with Gasteiger partial charge in [0.1, 0.15) is 24.3 Å². The van der Waals surface area contributed by atoms with Crippen LogP contribution >= 0.6 is 7.82 Å². The van der Waals surface area contributed by atoms with Gasteiger partial charge < -0.3 is 14.5 Å². The van der Waals surface area contributed by atoms with E-state index in [0.717, 1.165) is 23.8 Å². The van der Waals surface area contributed by atoms with Gasteiger partial charge in [0.25, 0.3) is 0 Å². The third-order valence-corrected chi connectivity index (χ3v) is 6.09. The number of pyridine rings is 1. The Kier molecular flexibility index (Phi) is 6.05. The van der Waals surface area contributed by atoms with Crippen LogP contribution in [-0.4, -0.2) is 66.5 Å². The molecule has 15 heteroatoms. The molecule has 1 saturated carbocycles. The van der Waals surface area contributed by atoms with Crippen LogP contribution in [0, 0.1) is 5.82 Å². The molecule has 5 rings (SSSR count). The van der Waals surface area contributed by atoms with Gasteiger partial charge in [-0.2, -0.15) is 4.80 Å². The smallest absolute Gasteiger partial charge is 0.441 e. The van der Waals surface area contributed by atoms with Crippen molar-refractivity contribution in [3.8, 4) is 22.6 Å². The van der Waals surface area contributed by atoms with Crippen molar-refractivity contribution in [1.82, 2.24) is 25.2 Å². The second-order valence-corrected chi connectivity index (χ2v) is 9.27. The van der Waals surface area contributed by atoms with E-state index in [1.807, 2.05) is 0 Å². The summed E-state index contributed by atoms with van der Waals surface area (Å²) in [7, 11) is -5.00. The van der Waals surface area contributed by atoms with Gasteiger partial charge in [-0.15, -0.1) is 10.2 Å². The number of carbonyl (C=O) groups excluding carboxylic acids is 1. The van der Waals surface area contributed by atoms with Gasteiger partial charge >= 0.3 is 13.9 Å². The first-order chi connectivity index (χ1) is 16.7. The molecule has 2 aromatic heterocycles. The number of ether oxygens (including phenoxy) is 1. The number of nitrogens with zero attached hydrogens (tertiary/aromatic N) is 6. The molecule has 1 unspecified atom stereocenters. The average molecular weight is 508 g/mol. The lowest BCUT2D eigenvalue weighted by Gasteiger charge is -2.19. The topological polar surface area (TPSA) is 153 Å². The Labute approximate surface area is 196 Å². The van der Waals surface area contributed by atoms with Gasteiger partial charge in [-0.25, -0.2) is 18.1 Å². The first kappa shape index (κ1) is 23.4. The molecule has 12 nitrogen and oxygen atoms in total. The minimum Gasteiger partial charge on any atom is -0.441 e. The Morgan fingerprint density at radius 1 is 1.26 bits per heavy atom. The van der Waals surface area contributed by atoms with Crippen LogP contribution < -0.4 is 4.90 Å². The summed E-state index contributed by atoms with van der Waals surface area (Å²) >= 11 is 0. The Morgan fingerprint density at radius 3 is 2.69 bits per heavy atom. The van der Waals surface area contributed by atoms with Crippen molar-refractivity contribution in [3.63, 3.8) is 0 Å². The highest BCUT2D eigenvalue weighted by atomic mass is 31.2. The molecule has 1 aliphatic carbocycles. The maximum atomic E-state index is 15.0. The molecule has 1 aliphatic heterocycles. The molecule has 3 aromatic rings. The molecule has 1 saturated heterocycles. The van der Waals surface area contributed by atoms with Crippen molar-refractivity contribution in [3.05, 3.63) is 42.3 Å². The van der Waals surface area contributed by atoms with Crippen LogP contribution in [0.25, 0.3) is 22.6 Å². The molecule has 0 spiro atoms. The minimum absolute atomic E-state index is 0.123. The van der Waals surface area contributed by atoms with Crippen LogP contribution in [0.1, 0.15) is 18.9 Å². The zero-order valence-electron chi connectivity index (χ0n) is 17.9. The van der Waals surface area contributed by atoms with Crippen molar-refractivity contribution in [2.24, 2.45) is 0 Å². The number of amides is 1. The minimum atomic E-state index is -5.00. The number of hydrogen-bond donors (Lipinski definition) is 2. The van der Waals surface area contributed by atoms with Crippen molar-refractivity contribution in [2.45, 2.75) is 31.1 Å². The molecular formula is C20H19F2N6O6P. The maximum Gasteiger partial charge on any atom is 0.470 e. The Morgan fingerprint density at radius 2 is 2.06 bits per heavy atom. The van der Waals surface area contributed by atoms with Gasteiger partial charge in [-0.05, 0) is 42.3 Å². The fourth-order valence-electron chi connectivity index (χ4n) is 3.64. The maximum absolute atomic E-state index is 15.0. The predicted octanol–water partition coefficient (Wildman–Crippen LogP) is 2.65. The fraction of sp³-hybridized carbons (Fsp3) is 0.350. The van der Waals surface area contributed by atoms with E-state index in [9.17, 15) is 18.1 Å². The Balaban J connectivity index is 1.31. The van der Waals surface area contributed by atoms with E-state index < -0.39 is 38.6 Å². The van der Waals surface area contributed by atoms with Crippen LogP contribution in [0.5, 0.6) is 0 Å². The third-order valence-electron chi connectivity index (χ3n) is 5.54. The summed E-state index contributed by atoms with van der Waals surface area (Å²) in [5.74, 6) is -0.282. The fourth-order valence-corrected chi connectivity index (χ4v) is 4.19. The van der Waals surface area contributed by atoms with Gasteiger partial charge in [-0.3, -0.25) is 14.4 Å². The second-order valence-electron chi connectivity index (χ2n) is 8.08. The van der Waals surface area contributed by atoms with E-state index >= 15 is 0 Å².